The molecule has 6 saturated carbocycles. The number of anilines is 2. The number of piperidine rings is 5. The Hall–Kier alpha value is -10.0. The number of nitrogens with one attached hydrogen (secondary N) is 1. The van der Waals surface area contributed by atoms with Gasteiger partial charge in [0.05, 0.1) is 47.2 Å². The van der Waals surface area contributed by atoms with Crippen molar-refractivity contribution in [3.8, 4) is 11.4 Å². The summed E-state index contributed by atoms with van der Waals surface area (Å²) in [5, 5.41) is 49.7. The van der Waals surface area contributed by atoms with E-state index in [-0.39, 0.29) is 89.5 Å². The molecule has 32 heteroatoms. The van der Waals surface area contributed by atoms with Gasteiger partial charge in [-0.25, -0.2) is 52.7 Å². The van der Waals surface area contributed by atoms with E-state index in [1.807, 2.05) is 161 Å². The molecule has 8 amide bonds. The molecule has 1 aromatic heterocycles. The zero-order valence-corrected chi connectivity index (χ0v) is 91.1. The van der Waals surface area contributed by atoms with Crippen LogP contribution in [0.3, 0.4) is 0 Å². The molecule has 5 aromatic rings. The van der Waals surface area contributed by atoms with Crippen molar-refractivity contribution in [1.29, 1.82) is 0 Å². The minimum Gasteiger partial charge on any atom is -0.444 e. The van der Waals surface area contributed by atoms with Gasteiger partial charge in [-0.3, -0.25) is 5.32 Å². The summed E-state index contributed by atoms with van der Waals surface area (Å²) in [6.07, 6.45) is 24.1. The van der Waals surface area contributed by atoms with Gasteiger partial charge < -0.3 is 92.7 Å². The Kier molecular flexibility index (Phi) is 45.8. The Morgan fingerprint density at radius 3 is 1.12 bits per heavy atom. The van der Waals surface area contributed by atoms with Gasteiger partial charge in [0.25, 0.3) is 0 Å². The second kappa shape index (κ2) is 55.3. The van der Waals surface area contributed by atoms with Crippen molar-refractivity contribution in [2.24, 2.45) is 23.7 Å². The number of hydrogen-bond donors (Lipinski definition) is 6. The fourth-order valence-corrected chi connectivity index (χ4v) is 19.9. The van der Waals surface area contributed by atoms with Gasteiger partial charge in [0.1, 0.15) is 50.4 Å². The quantitative estimate of drug-likeness (QED) is 0.0562. The monoisotopic (exact) mass is 2030 g/mol. The first kappa shape index (κ1) is 120. The van der Waals surface area contributed by atoms with E-state index in [0.29, 0.717) is 147 Å². The second-order valence-electron chi connectivity index (χ2n) is 45.8. The summed E-state index contributed by atoms with van der Waals surface area (Å²) in [4.78, 5) is 123. The van der Waals surface area contributed by atoms with Crippen LogP contribution in [0.25, 0.3) is 22.4 Å². The SMILES string of the molecule is CC(C)(C)OC(=O)N(C(=O)OC(C)(C)C)c1ccccc1.CC(C)(C)OC(=O)N1CCC(O)CC1.CC(C)(C)OC(=O)n1c(-c2ccccc2)nc2ccccc21.CC(C)(OC(=O)N1CCC(O)CC1)C1CCCCC1.CCC(C)(C)OC(=O)N1CCC(O)CC1.CCC(CC)(CC)OC(=O)N1CCC(O)CC1.CCC1(OC(=O)N2CCC(O)CC2)CCCC1.O=C(Nc1ccccc1)OC12CC3CC(CC(C3)C1)C2. The molecule has 16 rings (SSSR count). The highest BCUT2D eigenvalue weighted by molar-refractivity contribution is 6.09. The zero-order chi connectivity index (χ0) is 107. The molecule has 4 aromatic carbocycles. The van der Waals surface area contributed by atoms with E-state index in [0.717, 1.165) is 109 Å². The molecule has 32 nitrogen and oxygen atoms in total. The summed E-state index contributed by atoms with van der Waals surface area (Å²) in [6, 6.07) is 35.3. The number of aliphatic hydroxyl groups is 5. The molecule has 0 unspecified atom stereocenters. The number of amides is 8. The molecule has 5 saturated heterocycles. The van der Waals surface area contributed by atoms with Crippen LogP contribution in [-0.4, -0.2) is 261 Å². The van der Waals surface area contributed by atoms with Crippen molar-refractivity contribution in [1.82, 2.24) is 34.1 Å². The minimum atomic E-state index is -0.761. The van der Waals surface area contributed by atoms with Crippen molar-refractivity contribution >= 4 is 77.2 Å². The van der Waals surface area contributed by atoms with Crippen molar-refractivity contribution in [2.45, 2.75) is 419 Å². The number of carbonyl (C=O) groups excluding carboxylic acids is 9. The lowest BCUT2D eigenvalue weighted by atomic mass is 9.54. The van der Waals surface area contributed by atoms with Gasteiger partial charge in [-0.2, -0.15) is 4.90 Å². The van der Waals surface area contributed by atoms with Gasteiger partial charge in [-0.15, -0.1) is 0 Å². The molecule has 5 aliphatic heterocycles. The van der Waals surface area contributed by atoms with Crippen LogP contribution in [0.15, 0.2) is 115 Å². The number of aliphatic hydroxyl groups excluding tert-OH is 5. The average molecular weight is 2030 g/mol. The Morgan fingerprint density at radius 2 is 0.731 bits per heavy atom. The van der Waals surface area contributed by atoms with Crippen LogP contribution in [0.4, 0.5) is 54.5 Å². The summed E-state index contributed by atoms with van der Waals surface area (Å²) in [5.41, 5.74) is -0.230. The molecule has 6 N–H and O–H groups in total. The van der Waals surface area contributed by atoms with Crippen LogP contribution in [0, 0.1) is 23.7 Å². The Bertz CT molecular complexity index is 4660. The second-order valence-corrected chi connectivity index (χ2v) is 45.8. The summed E-state index contributed by atoms with van der Waals surface area (Å²) >= 11 is 0. The van der Waals surface area contributed by atoms with E-state index in [1.165, 1.54) is 68.8 Å². The molecule has 6 aliphatic carbocycles. The van der Waals surface area contributed by atoms with E-state index in [2.05, 4.69) is 38.0 Å². The Labute approximate surface area is 863 Å². The van der Waals surface area contributed by atoms with E-state index < -0.39 is 46.3 Å². The lowest BCUT2D eigenvalue weighted by molar-refractivity contribution is -0.124. The maximum absolute atomic E-state index is 12.6. The van der Waals surface area contributed by atoms with E-state index in [1.54, 1.807) is 96.4 Å². The molecule has 812 valence electrons. The highest BCUT2D eigenvalue weighted by Gasteiger charge is 2.54. The van der Waals surface area contributed by atoms with Crippen molar-refractivity contribution in [2.75, 3.05) is 75.7 Å². The number of fused-ring (bicyclic) bond motifs is 1. The molecule has 4 bridgehead atoms. The maximum Gasteiger partial charge on any atom is 0.424 e. The number of imide groups is 1. The van der Waals surface area contributed by atoms with Crippen LogP contribution >= 0.6 is 0 Å². The first-order chi connectivity index (χ1) is 68.2. The van der Waals surface area contributed by atoms with E-state index in [9.17, 15) is 68.7 Å². The normalized spacial score (nSPS) is 20.6. The molecule has 6 heterocycles. The van der Waals surface area contributed by atoms with Crippen molar-refractivity contribution < 1.29 is 111 Å². The first-order valence-corrected chi connectivity index (χ1v) is 53.6. The number of carbonyl (C=O) groups is 9. The number of ether oxygens (including phenoxy) is 9. The Morgan fingerprint density at radius 1 is 0.379 bits per heavy atom. The van der Waals surface area contributed by atoms with Crippen LogP contribution in [0.1, 0.15) is 338 Å². The standard InChI is InChI=1S/C18H18N2O2.C17H21NO2.C16H23NO4.C15H27NO3.C13H23NO3.C13H25NO3.C11H21NO3.C10H19NO3/c1-18(2,3)22-17(21)20-15-12-8-7-11-14(15)19-16(20)13-9-5-4-6-10-13;19-16(18-15-4-2-1-3-5-15)20-17-9-12-6-13(10-17)8-14(7-12)11-17;1-15(2,3)20-13(18)17(12-10-8-7-9-11-12)14(19)21-16(4,5)6;1-15(2,12-6-4-3-5-7-12)19-14(18)16-10-8-13(17)9-11-16;1-2-13(7-3-4-8-13)17-12(16)14-9-5-11(15)6-10-14;1-4-13(5-2,6-3)17-12(16)14-9-7-11(15)8-10-14;1-4-11(2,3)15-10(14)12-7-5-9(13)6-8-12;1-10(2,3)14-9(13)11-6-4-8(12)5-7-11/h4-12H,1-3H3;1-5,12-14H,6-11H2,(H,18,19);7-11H,1-6H3;12-13,17H,3-11H2,1-2H3;11,15H,2-10H2,1H3;11,15H,4-10H2,1-3H3;9,13H,4-8H2,1-3H3;8,12H,4-7H2,1-3H3. The lowest BCUT2D eigenvalue weighted by Crippen LogP contribution is -2.53. The molecular formula is C113H177N9O23. The number of likely N-dealkylation sites (tertiary alicyclic amines) is 5. The smallest absolute Gasteiger partial charge is 0.424 e. The number of aromatic nitrogens is 2. The van der Waals surface area contributed by atoms with Crippen LogP contribution in [0.2, 0.25) is 0 Å². The summed E-state index contributed by atoms with van der Waals surface area (Å²) in [7, 11) is 0. The highest BCUT2D eigenvalue weighted by atomic mass is 16.6. The third-order valence-corrected chi connectivity index (χ3v) is 28.5. The Balaban J connectivity index is 0.000000203. The number of benzene rings is 4. The van der Waals surface area contributed by atoms with Crippen LogP contribution < -0.4 is 10.2 Å². The van der Waals surface area contributed by atoms with Crippen LogP contribution in [-0.2, 0) is 42.6 Å². The fourth-order valence-electron chi connectivity index (χ4n) is 19.9. The predicted octanol–water partition coefficient (Wildman–Crippen LogP) is 24.0. The lowest BCUT2D eigenvalue weighted by Gasteiger charge is -2.55. The van der Waals surface area contributed by atoms with Crippen molar-refractivity contribution in [3.63, 3.8) is 0 Å². The van der Waals surface area contributed by atoms with Crippen LogP contribution in [0.5, 0.6) is 0 Å². The summed E-state index contributed by atoms with van der Waals surface area (Å²) < 4.78 is 51.3. The number of nitrogens with zero attached hydrogens (tertiary/aromatic N) is 8. The maximum atomic E-state index is 12.6. The molecule has 0 atom stereocenters. The molecule has 145 heavy (non-hydrogen) atoms. The van der Waals surface area contributed by atoms with Gasteiger partial charge in [-0.1, -0.05) is 133 Å². The van der Waals surface area contributed by atoms with E-state index in [4.69, 9.17) is 42.6 Å². The molecule has 11 aliphatic rings. The fraction of sp³-hybridized carbons (Fsp3) is 0.699. The molecule has 0 spiro atoms. The summed E-state index contributed by atoms with van der Waals surface area (Å²) in [6.45, 7) is 45.8. The zero-order valence-electron chi connectivity index (χ0n) is 91.1. The predicted molar refractivity (Wildman–Crippen MR) is 562 cm³/mol. The topological polar surface area (TPSA) is 387 Å². The molecular weight excluding hydrogens is 1850 g/mol. The minimum absolute atomic E-state index is 0.159. The van der Waals surface area contributed by atoms with Gasteiger partial charge in [0.15, 0.2) is 5.82 Å². The number of rotatable bonds is 14. The molecule has 0 radical (unpaired) electrons. The molecule has 11 fully saturated rings. The van der Waals surface area contributed by atoms with Gasteiger partial charge in [-0.05, 0) is 344 Å². The van der Waals surface area contributed by atoms with E-state index >= 15 is 0 Å². The number of para-hydroxylation sites is 4. The third kappa shape index (κ3) is 40.2. The first-order valence-electron chi connectivity index (χ1n) is 53.6. The average Bonchev–Trinajstić information content (AvgIpc) is 1.18. The highest BCUT2D eigenvalue weighted by Crippen LogP contribution is 2.57. The third-order valence-electron chi connectivity index (χ3n) is 28.5. The summed E-state index contributed by atoms with van der Waals surface area (Å²) in [5.74, 6) is 3.47. The van der Waals surface area contributed by atoms with Gasteiger partial charge in [0, 0.05) is 76.7 Å². The van der Waals surface area contributed by atoms with Gasteiger partial charge in [0.2, 0.25) is 0 Å². The van der Waals surface area contributed by atoms with Gasteiger partial charge >= 0.3 is 54.8 Å². The number of hydrogen-bond acceptors (Lipinski definition) is 24. The van der Waals surface area contributed by atoms with Crippen molar-refractivity contribution in [3.05, 3.63) is 115 Å². The number of imidazole rings is 1. The largest absolute Gasteiger partial charge is 0.444 e.